The summed E-state index contributed by atoms with van der Waals surface area (Å²) >= 11 is 0. The number of piperazine rings is 1. The van der Waals surface area contributed by atoms with Gasteiger partial charge in [0.15, 0.2) is 0 Å². The van der Waals surface area contributed by atoms with E-state index in [-0.39, 0.29) is 6.10 Å². The van der Waals surface area contributed by atoms with Crippen LogP contribution in [0.15, 0.2) is 40.9 Å². The molecule has 0 saturated carbocycles. The summed E-state index contributed by atoms with van der Waals surface area (Å²) in [4.78, 5) is 9.93. The van der Waals surface area contributed by atoms with Crippen LogP contribution in [0.1, 0.15) is 56.3 Å². The summed E-state index contributed by atoms with van der Waals surface area (Å²) in [6.45, 7) is 11.9. The lowest BCUT2D eigenvalue weighted by Crippen LogP contribution is -2.47. The van der Waals surface area contributed by atoms with Crippen LogP contribution in [0.3, 0.4) is 0 Å². The zero-order valence-corrected chi connectivity index (χ0v) is 20.8. The predicted octanol–water partition coefficient (Wildman–Crippen LogP) is 5.08. The minimum absolute atomic E-state index is 0.00725. The Hall–Kier alpha value is -3.21. The fraction of sp³-hybridized carbons (Fsp3) is 0.464. The highest BCUT2D eigenvalue weighted by atomic mass is 16.5. The lowest BCUT2D eigenvalue weighted by molar-refractivity contribution is 0.0961. The molecule has 35 heavy (non-hydrogen) atoms. The molecular weight excluding hydrogens is 438 g/mol. The summed E-state index contributed by atoms with van der Waals surface area (Å²) in [6.07, 6.45) is 3.37. The first-order chi connectivity index (χ1) is 17.1. The van der Waals surface area contributed by atoms with Gasteiger partial charge in [-0.05, 0) is 69.0 Å². The van der Waals surface area contributed by atoms with Crippen LogP contribution in [0.25, 0.3) is 22.8 Å². The number of aromatic nitrogens is 2. The average Bonchev–Trinajstić information content (AvgIpc) is 3.52. The molecule has 2 heterocycles. The molecule has 1 aliphatic carbocycles. The van der Waals surface area contributed by atoms with E-state index in [9.17, 15) is 5.26 Å². The summed E-state index contributed by atoms with van der Waals surface area (Å²) in [5.41, 5.74) is 4.95. The van der Waals surface area contributed by atoms with Crippen LogP contribution in [-0.4, -0.2) is 58.8 Å². The van der Waals surface area contributed by atoms with Crippen molar-refractivity contribution in [3.8, 4) is 34.7 Å². The van der Waals surface area contributed by atoms with Gasteiger partial charge in [-0.3, -0.25) is 4.90 Å². The Kier molecular flexibility index (Phi) is 6.85. The summed E-state index contributed by atoms with van der Waals surface area (Å²) in [6, 6.07) is 14.5. The largest absolute Gasteiger partial charge is 0.490 e. The van der Waals surface area contributed by atoms with Crippen LogP contribution in [-0.2, 0) is 6.42 Å². The molecule has 1 aliphatic heterocycles. The fourth-order valence-electron chi connectivity index (χ4n) is 5.39. The van der Waals surface area contributed by atoms with E-state index < -0.39 is 0 Å². The lowest BCUT2D eigenvalue weighted by Gasteiger charge is -2.38. The molecule has 0 N–H and O–H groups in total. The third kappa shape index (κ3) is 4.82. The first kappa shape index (κ1) is 23.5. The van der Waals surface area contributed by atoms with Gasteiger partial charge in [0.25, 0.3) is 5.89 Å². The zero-order chi connectivity index (χ0) is 24.4. The maximum absolute atomic E-state index is 9.56. The van der Waals surface area contributed by atoms with E-state index in [2.05, 4.69) is 46.1 Å². The van der Waals surface area contributed by atoms with Gasteiger partial charge in [0.1, 0.15) is 11.8 Å². The summed E-state index contributed by atoms with van der Waals surface area (Å²) in [5, 5.41) is 13.9. The van der Waals surface area contributed by atoms with Crippen molar-refractivity contribution in [1.82, 2.24) is 19.9 Å². The molecule has 0 amide bonds. The van der Waals surface area contributed by atoms with Crippen LogP contribution in [0.2, 0.25) is 0 Å². The van der Waals surface area contributed by atoms with Crippen molar-refractivity contribution < 1.29 is 9.26 Å². The molecule has 182 valence electrons. The molecule has 0 bridgehead atoms. The highest BCUT2D eigenvalue weighted by molar-refractivity contribution is 5.67. The molecule has 7 heteroatoms. The minimum atomic E-state index is -0.00725. The van der Waals surface area contributed by atoms with Crippen LogP contribution >= 0.6 is 0 Å². The molecule has 1 atom stereocenters. The van der Waals surface area contributed by atoms with Crippen molar-refractivity contribution in [3.63, 3.8) is 0 Å². The molecule has 1 saturated heterocycles. The number of benzene rings is 2. The molecule has 0 radical (unpaired) electrons. The van der Waals surface area contributed by atoms with Gasteiger partial charge in [-0.1, -0.05) is 30.3 Å². The maximum Gasteiger partial charge on any atom is 0.258 e. The van der Waals surface area contributed by atoms with Crippen LogP contribution < -0.4 is 4.74 Å². The van der Waals surface area contributed by atoms with Gasteiger partial charge in [0.2, 0.25) is 5.82 Å². The maximum atomic E-state index is 9.56. The summed E-state index contributed by atoms with van der Waals surface area (Å²) in [7, 11) is 0. The van der Waals surface area contributed by atoms with Crippen molar-refractivity contribution in [3.05, 3.63) is 53.1 Å². The SMILES string of the molecule is CCCN1CCN(C2CCc3c(-c4noc(-c5ccc(OC(C)C)c(C#N)c5)n4)cccc32)CC1. The predicted molar refractivity (Wildman–Crippen MR) is 135 cm³/mol. The number of hydrogen-bond donors (Lipinski definition) is 0. The van der Waals surface area contributed by atoms with E-state index in [1.165, 1.54) is 24.1 Å². The fourth-order valence-corrected chi connectivity index (χ4v) is 5.39. The van der Waals surface area contributed by atoms with Crippen molar-refractivity contribution in [2.45, 2.75) is 52.2 Å². The Balaban J connectivity index is 1.37. The van der Waals surface area contributed by atoms with Gasteiger partial charge in [-0.15, -0.1) is 0 Å². The summed E-state index contributed by atoms with van der Waals surface area (Å²) < 4.78 is 11.4. The second-order valence-electron chi connectivity index (χ2n) is 9.72. The number of nitrogens with zero attached hydrogens (tertiary/aromatic N) is 5. The lowest BCUT2D eigenvalue weighted by atomic mass is 10.0. The number of nitriles is 1. The molecule has 7 nitrogen and oxygen atoms in total. The van der Waals surface area contributed by atoms with Gasteiger partial charge in [-0.25, -0.2) is 0 Å². The molecule has 2 aliphatic rings. The third-order valence-corrected chi connectivity index (χ3v) is 7.00. The van der Waals surface area contributed by atoms with Crippen LogP contribution in [0.5, 0.6) is 5.75 Å². The molecule has 1 unspecified atom stereocenters. The molecule has 1 fully saturated rings. The van der Waals surface area contributed by atoms with Gasteiger partial charge >= 0.3 is 0 Å². The first-order valence-electron chi connectivity index (χ1n) is 12.7. The van der Waals surface area contributed by atoms with E-state index in [0.717, 1.165) is 44.6 Å². The minimum Gasteiger partial charge on any atom is -0.490 e. The first-order valence-corrected chi connectivity index (χ1v) is 12.7. The topological polar surface area (TPSA) is 78.4 Å². The van der Waals surface area contributed by atoms with Gasteiger partial charge in [-0.2, -0.15) is 10.2 Å². The van der Waals surface area contributed by atoms with Crippen molar-refractivity contribution in [2.24, 2.45) is 0 Å². The number of fused-ring (bicyclic) bond motifs is 1. The second-order valence-corrected chi connectivity index (χ2v) is 9.72. The molecule has 3 aromatic rings. The third-order valence-electron chi connectivity index (χ3n) is 7.00. The monoisotopic (exact) mass is 471 g/mol. The van der Waals surface area contributed by atoms with Crippen molar-refractivity contribution in [2.75, 3.05) is 32.7 Å². The zero-order valence-electron chi connectivity index (χ0n) is 20.8. The van der Waals surface area contributed by atoms with Crippen LogP contribution in [0.4, 0.5) is 0 Å². The Labute approximate surface area is 207 Å². The van der Waals surface area contributed by atoms with Crippen LogP contribution in [0, 0.1) is 11.3 Å². The molecule has 1 aromatic heterocycles. The summed E-state index contributed by atoms with van der Waals surface area (Å²) in [5.74, 6) is 1.58. The molecular formula is C28H33N5O2. The van der Waals surface area contributed by atoms with E-state index in [1.54, 1.807) is 12.1 Å². The van der Waals surface area contributed by atoms with Crippen molar-refractivity contribution in [1.29, 1.82) is 5.26 Å². The van der Waals surface area contributed by atoms with E-state index >= 15 is 0 Å². The van der Waals surface area contributed by atoms with Gasteiger partial charge in [0.05, 0.1) is 11.7 Å². The average molecular weight is 472 g/mol. The normalized spacial score (nSPS) is 18.5. The van der Waals surface area contributed by atoms with Gasteiger partial charge in [0, 0.05) is 43.3 Å². The number of ether oxygens (including phenoxy) is 1. The molecule has 2 aromatic carbocycles. The quantitative estimate of drug-likeness (QED) is 0.476. The second kappa shape index (κ2) is 10.2. The number of hydrogen-bond acceptors (Lipinski definition) is 7. The Bertz CT molecular complexity index is 1220. The molecule has 0 spiro atoms. The highest BCUT2D eigenvalue weighted by Gasteiger charge is 2.32. The Morgan fingerprint density at radius 2 is 2.00 bits per heavy atom. The highest BCUT2D eigenvalue weighted by Crippen LogP contribution is 2.40. The van der Waals surface area contributed by atoms with E-state index in [4.69, 9.17) is 14.2 Å². The Morgan fingerprint density at radius 3 is 2.74 bits per heavy atom. The number of rotatable bonds is 7. The van der Waals surface area contributed by atoms with E-state index in [0.29, 0.717) is 34.6 Å². The smallest absolute Gasteiger partial charge is 0.258 e. The Morgan fingerprint density at radius 1 is 1.17 bits per heavy atom. The van der Waals surface area contributed by atoms with E-state index in [1.807, 2.05) is 19.9 Å². The standard InChI is InChI=1S/C28H33N5O2/c1-4-12-32-13-15-33(16-14-32)25-10-9-22-23(25)6-5-7-24(22)27-30-28(35-31-27)20-8-11-26(34-19(2)3)21(17-20)18-29/h5-8,11,17,19,25H,4,9-10,12-16H2,1-3H3. The van der Waals surface area contributed by atoms with Crippen molar-refractivity contribution >= 4 is 0 Å². The van der Waals surface area contributed by atoms with Gasteiger partial charge < -0.3 is 14.2 Å². The molecule has 5 rings (SSSR count).